The van der Waals surface area contributed by atoms with Crippen LogP contribution in [0.3, 0.4) is 0 Å². The number of nitrogens with one attached hydrogen (secondary N) is 3. The van der Waals surface area contributed by atoms with E-state index >= 15 is 0 Å². The van der Waals surface area contributed by atoms with Gasteiger partial charge in [-0.1, -0.05) is 53.5 Å². The fraction of sp³-hybridized carbons (Fsp3) is 0.143. The largest absolute Gasteiger partial charge is 0.330 e. The summed E-state index contributed by atoms with van der Waals surface area (Å²) < 4.78 is 1.23. The van der Waals surface area contributed by atoms with Crippen LogP contribution in [0.15, 0.2) is 58.1 Å². The van der Waals surface area contributed by atoms with Gasteiger partial charge in [-0.05, 0) is 23.8 Å². The molecule has 1 aromatic heterocycles. The first kappa shape index (κ1) is 20.9. The normalized spacial score (nSPS) is 15.2. The van der Waals surface area contributed by atoms with Crippen molar-refractivity contribution in [1.29, 1.82) is 0 Å². The Morgan fingerprint density at radius 1 is 1.10 bits per heavy atom. The van der Waals surface area contributed by atoms with Gasteiger partial charge in [-0.25, -0.2) is 4.79 Å². The van der Waals surface area contributed by atoms with Crippen LogP contribution in [0, 0.1) is 0 Å². The number of fused-ring (bicyclic) bond motifs is 1. The summed E-state index contributed by atoms with van der Waals surface area (Å²) in [4.78, 5) is 52.7. The number of hydrogen-bond acceptors (Lipinski definition) is 4. The number of aromatic nitrogens is 2. The molecule has 2 amide bonds. The van der Waals surface area contributed by atoms with E-state index in [0.717, 1.165) is 5.56 Å². The van der Waals surface area contributed by atoms with Crippen molar-refractivity contribution in [3.63, 3.8) is 0 Å². The van der Waals surface area contributed by atoms with Gasteiger partial charge in [0.15, 0.2) is 0 Å². The van der Waals surface area contributed by atoms with E-state index in [0.29, 0.717) is 5.02 Å². The number of anilines is 2. The number of aromatic amines is 1. The van der Waals surface area contributed by atoms with Crippen molar-refractivity contribution in [1.82, 2.24) is 9.55 Å². The van der Waals surface area contributed by atoms with Gasteiger partial charge in [-0.2, -0.15) is 0 Å². The first-order valence-electron chi connectivity index (χ1n) is 9.30. The Morgan fingerprint density at radius 2 is 1.84 bits per heavy atom. The van der Waals surface area contributed by atoms with E-state index in [1.165, 1.54) is 16.7 Å². The lowest BCUT2D eigenvalue weighted by Gasteiger charge is -2.26. The minimum Gasteiger partial charge on any atom is -0.324 e. The topological polar surface area (TPSA) is 113 Å². The zero-order chi connectivity index (χ0) is 22.1. The average molecular weight is 459 g/mol. The van der Waals surface area contributed by atoms with Crippen LogP contribution >= 0.6 is 23.2 Å². The number of benzene rings is 2. The maximum absolute atomic E-state index is 13.0. The molecule has 0 bridgehead atoms. The van der Waals surface area contributed by atoms with Crippen LogP contribution in [0.4, 0.5) is 11.5 Å². The van der Waals surface area contributed by atoms with Crippen molar-refractivity contribution < 1.29 is 9.59 Å². The molecule has 1 aliphatic heterocycles. The third kappa shape index (κ3) is 4.26. The third-order valence-electron chi connectivity index (χ3n) is 4.92. The molecule has 1 aliphatic rings. The van der Waals surface area contributed by atoms with Crippen molar-refractivity contribution in [2.24, 2.45) is 0 Å². The summed E-state index contributed by atoms with van der Waals surface area (Å²) in [5.74, 6) is -2.18. The van der Waals surface area contributed by atoms with Crippen LogP contribution in [-0.2, 0) is 16.1 Å². The predicted octanol–water partition coefficient (Wildman–Crippen LogP) is 2.96. The zero-order valence-corrected chi connectivity index (χ0v) is 17.5. The van der Waals surface area contributed by atoms with E-state index < -0.39 is 29.0 Å². The van der Waals surface area contributed by atoms with Gasteiger partial charge in [0.1, 0.15) is 5.82 Å². The molecular weight excluding hydrogens is 443 g/mol. The van der Waals surface area contributed by atoms with E-state index in [4.69, 9.17) is 23.2 Å². The molecule has 0 spiro atoms. The molecule has 4 rings (SSSR count). The van der Waals surface area contributed by atoms with Crippen LogP contribution in [0.2, 0.25) is 10.0 Å². The van der Waals surface area contributed by atoms with Crippen molar-refractivity contribution in [2.75, 3.05) is 10.6 Å². The second-order valence-electron chi connectivity index (χ2n) is 7.01. The highest BCUT2D eigenvalue weighted by molar-refractivity contribution is 6.36. The molecule has 2 heterocycles. The van der Waals surface area contributed by atoms with Gasteiger partial charge >= 0.3 is 5.69 Å². The predicted molar refractivity (Wildman–Crippen MR) is 118 cm³/mol. The molecule has 0 unspecified atom stereocenters. The zero-order valence-electron chi connectivity index (χ0n) is 15.9. The number of carbonyl (C=O) groups excluding carboxylic acids is 2. The minimum atomic E-state index is -1.11. The molecule has 158 valence electrons. The van der Waals surface area contributed by atoms with Crippen molar-refractivity contribution in [3.8, 4) is 0 Å². The second-order valence-corrected chi connectivity index (χ2v) is 7.86. The fourth-order valence-corrected chi connectivity index (χ4v) is 3.92. The molecule has 2 aromatic carbocycles. The Labute approximate surface area is 185 Å². The second kappa shape index (κ2) is 8.41. The molecule has 3 aromatic rings. The van der Waals surface area contributed by atoms with Crippen molar-refractivity contribution in [2.45, 2.75) is 18.9 Å². The minimum absolute atomic E-state index is 0.0104. The van der Waals surface area contributed by atoms with Gasteiger partial charge in [0.05, 0.1) is 28.7 Å². The van der Waals surface area contributed by atoms with Crippen LogP contribution in [0.25, 0.3) is 0 Å². The van der Waals surface area contributed by atoms with E-state index in [-0.39, 0.29) is 35.1 Å². The Bertz CT molecular complexity index is 1300. The molecule has 0 saturated carbocycles. The Morgan fingerprint density at radius 3 is 2.55 bits per heavy atom. The van der Waals surface area contributed by atoms with Crippen LogP contribution in [0.5, 0.6) is 0 Å². The van der Waals surface area contributed by atoms with E-state index in [2.05, 4.69) is 15.6 Å². The number of H-pyrrole nitrogens is 1. The lowest BCUT2D eigenvalue weighted by molar-refractivity contribution is -0.123. The van der Waals surface area contributed by atoms with Gasteiger partial charge in [0.2, 0.25) is 11.8 Å². The first-order valence-corrected chi connectivity index (χ1v) is 10.1. The SMILES string of the molecule is O=C1C[C@H](C(=O)Nc2ccc(Cl)cc2Cl)c2c(n(Cc3ccccc3)c(=O)[nH]c2=O)N1. The number of hydrogen-bond donors (Lipinski definition) is 3. The highest BCUT2D eigenvalue weighted by Gasteiger charge is 2.35. The quantitative estimate of drug-likeness (QED) is 0.557. The Balaban J connectivity index is 1.76. The fourth-order valence-electron chi connectivity index (χ4n) is 3.47. The van der Waals surface area contributed by atoms with Gasteiger partial charge < -0.3 is 10.6 Å². The number of rotatable bonds is 4. The van der Waals surface area contributed by atoms with Gasteiger partial charge in [-0.3, -0.25) is 23.9 Å². The van der Waals surface area contributed by atoms with E-state index in [9.17, 15) is 19.2 Å². The molecular formula is C21H16Cl2N4O4. The van der Waals surface area contributed by atoms with Crippen LogP contribution < -0.4 is 21.9 Å². The van der Waals surface area contributed by atoms with Gasteiger partial charge in [-0.15, -0.1) is 0 Å². The monoisotopic (exact) mass is 458 g/mol. The van der Waals surface area contributed by atoms with Crippen LogP contribution in [-0.4, -0.2) is 21.4 Å². The third-order valence-corrected chi connectivity index (χ3v) is 5.47. The smallest absolute Gasteiger partial charge is 0.324 e. The van der Waals surface area contributed by atoms with Crippen molar-refractivity contribution in [3.05, 3.63) is 90.5 Å². The molecule has 8 nitrogen and oxygen atoms in total. The van der Waals surface area contributed by atoms with E-state index in [1.54, 1.807) is 18.2 Å². The van der Waals surface area contributed by atoms with Crippen molar-refractivity contribution >= 4 is 46.5 Å². The Hall–Kier alpha value is -3.36. The van der Waals surface area contributed by atoms with Crippen LogP contribution in [0.1, 0.15) is 23.5 Å². The summed E-state index contributed by atoms with van der Waals surface area (Å²) in [6.07, 6.45) is -0.253. The van der Waals surface area contributed by atoms with Gasteiger partial charge in [0.25, 0.3) is 5.56 Å². The Kier molecular flexibility index (Phi) is 5.67. The molecule has 0 saturated heterocycles. The maximum atomic E-state index is 13.0. The molecule has 31 heavy (non-hydrogen) atoms. The molecule has 10 heteroatoms. The van der Waals surface area contributed by atoms with E-state index in [1.807, 2.05) is 18.2 Å². The summed E-state index contributed by atoms with van der Waals surface area (Å²) in [5.41, 5.74) is -0.329. The molecule has 0 fully saturated rings. The standard InChI is InChI=1S/C21H16Cl2N4O4/c22-12-6-7-15(14(23)8-12)24-19(29)13-9-16(28)25-18-17(13)20(30)26-21(31)27(18)10-11-4-2-1-3-5-11/h1-8,13H,9-10H2,(H,24,29)(H,25,28)(H,26,30,31)/t13-/m0/s1. The molecule has 0 radical (unpaired) electrons. The lowest BCUT2D eigenvalue weighted by Crippen LogP contribution is -2.42. The summed E-state index contributed by atoms with van der Waals surface area (Å²) in [6.45, 7) is 0.108. The lowest BCUT2D eigenvalue weighted by atomic mass is 9.92. The average Bonchev–Trinajstić information content (AvgIpc) is 2.73. The maximum Gasteiger partial charge on any atom is 0.330 e. The van der Waals surface area contributed by atoms with Gasteiger partial charge in [0, 0.05) is 11.4 Å². The number of nitrogens with zero attached hydrogens (tertiary/aromatic N) is 1. The highest BCUT2D eigenvalue weighted by Crippen LogP contribution is 2.32. The first-order chi connectivity index (χ1) is 14.8. The molecule has 0 aliphatic carbocycles. The molecule has 1 atom stereocenters. The summed E-state index contributed by atoms with van der Waals surface area (Å²) >= 11 is 12.0. The number of carbonyl (C=O) groups is 2. The summed E-state index contributed by atoms with van der Waals surface area (Å²) in [5, 5.41) is 5.82. The number of halogens is 2. The molecule has 3 N–H and O–H groups in total. The highest BCUT2D eigenvalue weighted by atomic mass is 35.5. The summed E-state index contributed by atoms with van der Waals surface area (Å²) in [6, 6.07) is 13.6. The summed E-state index contributed by atoms with van der Waals surface area (Å²) in [7, 11) is 0. The number of amides is 2.